The second-order valence-corrected chi connectivity index (χ2v) is 13.2. The fourth-order valence-corrected chi connectivity index (χ4v) is 9.88. The molecule has 3 unspecified atom stereocenters. The lowest BCUT2D eigenvalue weighted by atomic mass is 9.47. The normalized spacial score (nSPS) is 46.0. The molecule has 1 aliphatic heterocycles. The molecular formula is C30H49NO3. The van der Waals surface area contributed by atoms with Gasteiger partial charge in [-0.1, -0.05) is 38.8 Å². The molecular weight excluding hydrogens is 422 g/mol. The summed E-state index contributed by atoms with van der Waals surface area (Å²) in [6.07, 6.45) is 16.7. The van der Waals surface area contributed by atoms with Crippen molar-refractivity contribution in [2.75, 3.05) is 20.3 Å². The van der Waals surface area contributed by atoms with Gasteiger partial charge in [-0.2, -0.15) is 0 Å². The van der Waals surface area contributed by atoms with Gasteiger partial charge in [-0.05, 0) is 104 Å². The minimum Gasteiger partial charge on any atom is -0.384 e. The van der Waals surface area contributed by atoms with Crippen molar-refractivity contribution in [1.82, 2.24) is 5.32 Å². The van der Waals surface area contributed by atoms with Crippen LogP contribution in [0.5, 0.6) is 0 Å². The van der Waals surface area contributed by atoms with E-state index < -0.39 is 0 Å². The topological polar surface area (TPSA) is 47.6 Å². The number of nitrogens with one attached hydrogen (secondary N) is 1. The minimum atomic E-state index is 0.0439. The van der Waals surface area contributed by atoms with Crippen LogP contribution in [0.15, 0.2) is 11.6 Å². The number of rotatable bonds is 7. The Morgan fingerprint density at radius 2 is 2.09 bits per heavy atom. The zero-order chi connectivity index (χ0) is 24.1. The van der Waals surface area contributed by atoms with Crippen molar-refractivity contribution >= 4 is 5.91 Å². The van der Waals surface area contributed by atoms with Crippen LogP contribution in [0.4, 0.5) is 0 Å². The Morgan fingerprint density at radius 1 is 1.26 bits per heavy atom. The van der Waals surface area contributed by atoms with E-state index >= 15 is 0 Å². The van der Waals surface area contributed by atoms with Crippen LogP contribution in [0, 0.1) is 46.3 Å². The number of carbonyl (C=O) groups is 1. The Bertz CT molecular complexity index is 794. The summed E-state index contributed by atoms with van der Waals surface area (Å²) in [6.45, 7) is 10.7. The first-order chi connectivity index (χ1) is 16.3. The number of ether oxygens (including phenoxy) is 2. The second-order valence-electron chi connectivity index (χ2n) is 13.2. The lowest BCUT2D eigenvalue weighted by molar-refractivity contribution is -0.119. The molecule has 34 heavy (non-hydrogen) atoms. The third-order valence-corrected chi connectivity index (χ3v) is 11.5. The Hall–Kier alpha value is -0.870. The van der Waals surface area contributed by atoms with Gasteiger partial charge in [-0.25, -0.2) is 0 Å². The van der Waals surface area contributed by atoms with E-state index in [1.54, 1.807) is 14.0 Å². The Morgan fingerprint density at radius 3 is 2.85 bits per heavy atom. The molecule has 1 saturated heterocycles. The van der Waals surface area contributed by atoms with E-state index in [1.165, 1.54) is 51.4 Å². The van der Waals surface area contributed by atoms with Crippen LogP contribution in [-0.4, -0.2) is 38.4 Å². The standard InChI is InChI=1S/C30H49NO3/c1-19-26(12-9-21(18-33-5)17-31-20(2)32)34-27-16-25-23-11-10-22-8-6-7-14-29(22,3)24(23)13-15-30(25,4)28(19)27/h10,19,21,23-28H,6-9,11-18H2,1-5H3,(H,31,32)/t19?,21?,23-,24+,25+,26?,27+,28+,29+,30+/m1/s1. The molecule has 3 saturated carbocycles. The Labute approximate surface area is 208 Å². The minimum absolute atomic E-state index is 0.0439. The number of carbonyl (C=O) groups excluding carboxylic acids is 1. The zero-order valence-corrected chi connectivity index (χ0v) is 22.4. The van der Waals surface area contributed by atoms with Crippen molar-refractivity contribution in [3.63, 3.8) is 0 Å². The quantitative estimate of drug-likeness (QED) is 0.453. The van der Waals surface area contributed by atoms with Crippen LogP contribution >= 0.6 is 0 Å². The van der Waals surface area contributed by atoms with Crippen molar-refractivity contribution in [2.45, 2.75) is 104 Å². The van der Waals surface area contributed by atoms with Gasteiger partial charge in [0.2, 0.25) is 5.91 Å². The van der Waals surface area contributed by atoms with Crippen LogP contribution in [0.2, 0.25) is 0 Å². The molecule has 1 heterocycles. The summed E-state index contributed by atoms with van der Waals surface area (Å²) in [6, 6.07) is 0. The summed E-state index contributed by atoms with van der Waals surface area (Å²) < 4.78 is 12.3. The van der Waals surface area contributed by atoms with Crippen molar-refractivity contribution in [1.29, 1.82) is 0 Å². The lowest BCUT2D eigenvalue weighted by Crippen LogP contribution is -2.50. The average Bonchev–Trinajstić information content (AvgIpc) is 3.28. The highest BCUT2D eigenvalue weighted by Crippen LogP contribution is 2.69. The van der Waals surface area contributed by atoms with Gasteiger partial charge in [0.15, 0.2) is 0 Å². The first-order valence-corrected chi connectivity index (χ1v) is 14.4. The summed E-state index contributed by atoms with van der Waals surface area (Å²) in [5.41, 5.74) is 2.74. The van der Waals surface area contributed by atoms with Crippen LogP contribution in [-0.2, 0) is 14.3 Å². The van der Waals surface area contributed by atoms with Crippen molar-refractivity contribution in [3.05, 3.63) is 11.6 Å². The smallest absolute Gasteiger partial charge is 0.216 e. The molecule has 4 nitrogen and oxygen atoms in total. The Balaban J connectivity index is 1.25. The molecule has 0 aromatic heterocycles. The van der Waals surface area contributed by atoms with Gasteiger partial charge in [0.1, 0.15) is 0 Å². The molecule has 4 heteroatoms. The predicted molar refractivity (Wildman–Crippen MR) is 136 cm³/mol. The first kappa shape index (κ1) is 24.8. The third-order valence-electron chi connectivity index (χ3n) is 11.5. The van der Waals surface area contributed by atoms with Gasteiger partial charge in [0.25, 0.3) is 0 Å². The van der Waals surface area contributed by atoms with Gasteiger partial charge < -0.3 is 14.8 Å². The second kappa shape index (κ2) is 9.54. The molecule has 0 aromatic rings. The monoisotopic (exact) mass is 471 g/mol. The number of amides is 1. The summed E-state index contributed by atoms with van der Waals surface area (Å²) in [4.78, 5) is 11.4. The number of methoxy groups -OCH3 is 1. The Kier molecular flexibility index (Phi) is 6.96. The highest BCUT2D eigenvalue weighted by atomic mass is 16.5. The zero-order valence-electron chi connectivity index (χ0n) is 22.4. The molecule has 4 aliphatic carbocycles. The molecule has 1 N–H and O–H groups in total. The van der Waals surface area contributed by atoms with E-state index in [2.05, 4.69) is 32.2 Å². The maximum absolute atomic E-state index is 11.4. The van der Waals surface area contributed by atoms with E-state index in [9.17, 15) is 4.79 Å². The van der Waals surface area contributed by atoms with Crippen LogP contribution < -0.4 is 5.32 Å². The summed E-state index contributed by atoms with van der Waals surface area (Å²) in [5, 5.41) is 2.98. The van der Waals surface area contributed by atoms with Gasteiger partial charge in [-0.15, -0.1) is 0 Å². The number of hydrogen-bond donors (Lipinski definition) is 1. The number of hydrogen-bond acceptors (Lipinski definition) is 3. The third kappa shape index (κ3) is 4.09. The van der Waals surface area contributed by atoms with Crippen LogP contribution in [0.1, 0.15) is 91.9 Å². The van der Waals surface area contributed by atoms with Crippen LogP contribution in [0.25, 0.3) is 0 Å². The van der Waals surface area contributed by atoms with E-state index in [1.807, 2.05) is 5.57 Å². The predicted octanol–water partition coefficient (Wildman–Crippen LogP) is 6.15. The van der Waals surface area contributed by atoms with E-state index in [0.717, 1.165) is 30.6 Å². The fraction of sp³-hybridized carbons (Fsp3) is 0.900. The van der Waals surface area contributed by atoms with Gasteiger partial charge in [-0.3, -0.25) is 4.79 Å². The van der Waals surface area contributed by atoms with Crippen molar-refractivity contribution in [3.8, 4) is 0 Å². The molecule has 0 bridgehead atoms. The van der Waals surface area contributed by atoms with Gasteiger partial charge >= 0.3 is 0 Å². The number of allylic oxidation sites excluding steroid dienone is 2. The fourth-order valence-electron chi connectivity index (χ4n) is 9.88. The molecule has 192 valence electrons. The van der Waals surface area contributed by atoms with E-state index in [0.29, 0.717) is 53.9 Å². The largest absolute Gasteiger partial charge is 0.384 e. The molecule has 1 amide bonds. The molecule has 5 aliphatic rings. The number of fused-ring (bicyclic) bond motifs is 7. The van der Waals surface area contributed by atoms with E-state index in [4.69, 9.17) is 9.47 Å². The van der Waals surface area contributed by atoms with Crippen molar-refractivity contribution in [2.24, 2.45) is 46.3 Å². The summed E-state index contributed by atoms with van der Waals surface area (Å²) in [5.74, 6) is 4.35. The average molecular weight is 472 g/mol. The highest BCUT2D eigenvalue weighted by molar-refractivity contribution is 5.72. The van der Waals surface area contributed by atoms with E-state index in [-0.39, 0.29) is 5.91 Å². The molecule has 4 fully saturated rings. The lowest BCUT2D eigenvalue weighted by Gasteiger charge is -2.58. The summed E-state index contributed by atoms with van der Waals surface area (Å²) >= 11 is 0. The van der Waals surface area contributed by atoms with Gasteiger partial charge in [0.05, 0.1) is 18.8 Å². The molecule has 0 spiro atoms. The summed E-state index contributed by atoms with van der Waals surface area (Å²) in [7, 11) is 1.76. The van der Waals surface area contributed by atoms with Crippen LogP contribution in [0.3, 0.4) is 0 Å². The maximum atomic E-state index is 11.4. The SMILES string of the molecule is COCC(CCC1O[C@H]2C[C@H]3[C@@H]4CC=C5CCCC[C@]5(C)[C@H]4CC[C@]3(C)[C@H]2C1C)CNC(C)=O. The molecule has 10 atom stereocenters. The molecule has 5 rings (SSSR count). The van der Waals surface area contributed by atoms with Crippen molar-refractivity contribution < 1.29 is 14.3 Å². The first-order valence-electron chi connectivity index (χ1n) is 14.4. The molecule has 0 radical (unpaired) electrons. The molecule has 0 aromatic carbocycles. The highest BCUT2D eigenvalue weighted by Gasteiger charge is 2.64. The van der Waals surface area contributed by atoms with Gasteiger partial charge in [0, 0.05) is 20.6 Å². The maximum Gasteiger partial charge on any atom is 0.216 e.